The molecule has 0 aliphatic carbocycles. The van der Waals surface area contributed by atoms with E-state index in [9.17, 15) is 5.21 Å². The van der Waals surface area contributed by atoms with Gasteiger partial charge in [-0.3, -0.25) is 0 Å². The first-order valence-corrected chi connectivity index (χ1v) is 7.28. The summed E-state index contributed by atoms with van der Waals surface area (Å²) in [6.45, 7) is 2.67. The molecule has 20 heavy (non-hydrogen) atoms. The van der Waals surface area contributed by atoms with E-state index in [4.69, 9.17) is 4.74 Å². The van der Waals surface area contributed by atoms with Crippen molar-refractivity contribution in [2.45, 2.75) is 19.4 Å². The maximum absolute atomic E-state index is 12.4. The Morgan fingerprint density at radius 2 is 2.05 bits per heavy atom. The van der Waals surface area contributed by atoms with Crippen LogP contribution in [-0.2, 0) is 6.54 Å². The van der Waals surface area contributed by atoms with E-state index in [2.05, 4.69) is 18.0 Å². The number of nitrogens with one attached hydrogen (secondary N) is 1. The zero-order valence-corrected chi connectivity index (χ0v) is 12.2. The number of allylic oxidation sites excluding steroid dienone is 1. The first-order valence-electron chi connectivity index (χ1n) is 7.28. The number of ether oxygens (including phenoxy) is 1. The molecule has 0 bridgehead atoms. The third kappa shape index (κ3) is 2.46. The van der Waals surface area contributed by atoms with Crippen molar-refractivity contribution in [3.8, 4) is 5.75 Å². The fraction of sp³-hybridized carbons (Fsp3) is 0.500. The molecule has 0 saturated carbocycles. The molecule has 0 radical (unpaired) electrons. The summed E-state index contributed by atoms with van der Waals surface area (Å²) in [5, 5.41) is 12.7. The monoisotopic (exact) mass is 274 g/mol. The molecule has 1 aromatic carbocycles. The minimum absolute atomic E-state index is 0.292. The van der Waals surface area contributed by atoms with Crippen molar-refractivity contribution >= 4 is 6.08 Å². The molecule has 1 unspecified atom stereocenters. The second kappa shape index (κ2) is 5.56. The molecule has 2 aliphatic heterocycles. The number of likely N-dealkylation sites (tertiary alicyclic amines) is 1. The minimum atomic E-state index is 0.292. The molecule has 3 rings (SSSR count). The van der Waals surface area contributed by atoms with Gasteiger partial charge in [0.1, 0.15) is 18.0 Å². The van der Waals surface area contributed by atoms with Crippen molar-refractivity contribution in [2.75, 3.05) is 27.2 Å². The van der Waals surface area contributed by atoms with E-state index in [1.165, 1.54) is 0 Å². The van der Waals surface area contributed by atoms with Crippen LogP contribution >= 0.6 is 0 Å². The molecule has 1 atom stereocenters. The Balaban J connectivity index is 1.92. The van der Waals surface area contributed by atoms with Crippen LogP contribution < -0.4 is 9.80 Å². The molecule has 2 aliphatic rings. The van der Waals surface area contributed by atoms with Gasteiger partial charge in [0.2, 0.25) is 0 Å². The third-order valence-corrected chi connectivity index (χ3v) is 4.51. The van der Waals surface area contributed by atoms with E-state index in [1.807, 2.05) is 18.2 Å². The van der Waals surface area contributed by atoms with Gasteiger partial charge in [-0.2, -0.15) is 0 Å². The molecule has 2 heterocycles. The molecule has 1 aromatic rings. The van der Waals surface area contributed by atoms with Crippen LogP contribution in [0.2, 0.25) is 0 Å². The molecule has 0 spiro atoms. The van der Waals surface area contributed by atoms with Crippen molar-refractivity contribution in [2.24, 2.45) is 5.92 Å². The average Bonchev–Trinajstić information content (AvgIpc) is 2.47. The summed E-state index contributed by atoms with van der Waals surface area (Å²) < 4.78 is 5.44. The zero-order chi connectivity index (χ0) is 14.1. The van der Waals surface area contributed by atoms with E-state index in [0.717, 1.165) is 48.5 Å². The standard InChI is InChI=1S/C16H22N2O2/c1-17-8-6-12(7-9-17)15-10-14-13(11-18(15)19)4-3-5-16(14)20-2/h3-5,10,12,18H,6-9,11H2,1-2H3. The van der Waals surface area contributed by atoms with Crippen LogP contribution in [0, 0.1) is 11.1 Å². The second-order valence-corrected chi connectivity index (χ2v) is 5.81. The Hall–Kier alpha value is -1.36. The minimum Gasteiger partial charge on any atom is -0.629 e. The molecule has 1 saturated heterocycles. The van der Waals surface area contributed by atoms with E-state index in [1.54, 1.807) is 7.11 Å². The van der Waals surface area contributed by atoms with Crippen LogP contribution in [0.15, 0.2) is 23.9 Å². The highest BCUT2D eigenvalue weighted by Crippen LogP contribution is 2.30. The normalized spacial score (nSPS) is 24.1. The number of hydroxylamine groups is 2. The van der Waals surface area contributed by atoms with Crippen molar-refractivity contribution in [3.63, 3.8) is 0 Å². The highest BCUT2D eigenvalue weighted by atomic mass is 16.5. The Kier molecular flexibility index (Phi) is 3.78. The molecule has 4 heteroatoms. The van der Waals surface area contributed by atoms with Gasteiger partial charge in [-0.25, -0.2) is 0 Å². The SMILES string of the molecule is COc1cccc2c1C=C(C1CCN(C)CC1)[NH+]([O-])C2. The van der Waals surface area contributed by atoms with E-state index >= 15 is 0 Å². The summed E-state index contributed by atoms with van der Waals surface area (Å²) in [6, 6.07) is 5.95. The summed E-state index contributed by atoms with van der Waals surface area (Å²) >= 11 is 0. The van der Waals surface area contributed by atoms with Gasteiger partial charge in [-0.1, -0.05) is 12.1 Å². The first kappa shape index (κ1) is 13.6. The lowest BCUT2D eigenvalue weighted by Crippen LogP contribution is -3.05. The van der Waals surface area contributed by atoms with E-state index in [0.29, 0.717) is 17.5 Å². The number of nitrogens with zero attached hydrogens (tertiary/aromatic N) is 1. The highest BCUT2D eigenvalue weighted by molar-refractivity contribution is 5.63. The Morgan fingerprint density at radius 1 is 1.30 bits per heavy atom. The Bertz CT molecular complexity index is 519. The van der Waals surface area contributed by atoms with Crippen molar-refractivity contribution in [1.29, 1.82) is 0 Å². The number of benzene rings is 1. The summed E-state index contributed by atoms with van der Waals surface area (Å²) in [5.41, 5.74) is 3.20. The molecule has 1 N–H and O–H groups in total. The van der Waals surface area contributed by atoms with Gasteiger partial charge >= 0.3 is 0 Å². The maximum atomic E-state index is 12.4. The number of piperidine rings is 1. The van der Waals surface area contributed by atoms with Crippen LogP contribution in [0.25, 0.3) is 6.08 Å². The van der Waals surface area contributed by atoms with Crippen LogP contribution in [0.5, 0.6) is 5.75 Å². The van der Waals surface area contributed by atoms with Gasteiger partial charge in [0, 0.05) is 23.1 Å². The summed E-state index contributed by atoms with van der Waals surface area (Å²) in [4.78, 5) is 2.33. The van der Waals surface area contributed by atoms with Crippen molar-refractivity contribution in [1.82, 2.24) is 4.90 Å². The molecule has 0 amide bonds. The van der Waals surface area contributed by atoms with Gasteiger partial charge in [-0.05, 0) is 39.0 Å². The van der Waals surface area contributed by atoms with Crippen LogP contribution in [0.4, 0.5) is 0 Å². The predicted molar refractivity (Wildman–Crippen MR) is 79.2 cm³/mol. The Labute approximate surface area is 120 Å². The highest BCUT2D eigenvalue weighted by Gasteiger charge is 2.28. The second-order valence-electron chi connectivity index (χ2n) is 5.81. The molecule has 1 fully saturated rings. The summed E-state index contributed by atoms with van der Waals surface area (Å²) in [7, 11) is 3.83. The van der Waals surface area contributed by atoms with Crippen LogP contribution in [0.1, 0.15) is 24.0 Å². The van der Waals surface area contributed by atoms with Gasteiger partial charge in [0.05, 0.1) is 7.11 Å². The largest absolute Gasteiger partial charge is 0.629 e. The van der Waals surface area contributed by atoms with Crippen molar-refractivity contribution in [3.05, 3.63) is 40.2 Å². The number of fused-ring (bicyclic) bond motifs is 1. The number of quaternary nitrogens is 1. The summed E-state index contributed by atoms with van der Waals surface area (Å²) in [6.07, 6.45) is 4.24. The maximum Gasteiger partial charge on any atom is 0.126 e. The molecule has 4 nitrogen and oxygen atoms in total. The predicted octanol–water partition coefficient (Wildman–Crippen LogP) is 1.27. The number of methoxy groups -OCH3 is 1. The van der Waals surface area contributed by atoms with E-state index in [-0.39, 0.29) is 0 Å². The third-order valence-electron chi connectivity index (χ3n) is 4.51. The lowest BCUT2D eigenvalue weighted by Gasteiger charge is -2.37. The summed E-state index contributed by atoms with van der Waals surface area (Å²) in [5.74, 6) is 1.29. The fourth-order valence-electron chi connectivity index (χ4n) is 3.26. The lowest BCUT2D eigenvalue weighted by molar-refractivity contribution is -0.825. The van der Waals surface area contributed by atoms with Crippen molar-refractivity contribution < 1.29 is 9.80 Å². The van der Waals surface area contributed by atoms with Gasteiger partial charge in [0.15, 0.2) is 0 Å². The van der Waals surface area contributed by atoms with Crippen LogP contribution in [0.3, 0.4) is 0 Å². The number of hydrogen-bond donors (Lipinski definition) is 1. The van der Waals surface area contributed by atoms with Gasteiger partial charge in [0.25, 0.3) is 0 Å². The van der Waals surface area contributed by atoms with Gasteiger partial charge in [-0.15, -0.1) is 0 Å². The van der Waals surface area contributed by atoms with Gasteiger partial charge < -0.3 is 19.9 Å². The number of hydrogen-bond acceptors (Lipinski definition) is 3. The topological polar surface area (TPSA) is 40.0 Å². The Morgan fingerprint density at radius 3 is 2.75 bits per heavy atom. The molecule has 0 aromatic heterocycles. The van der Waals surface area contributed by atoms with E-state index < -0.39 is 0 Å². The zero-order valence-electron chi connectivity index (χ0n) is 12.2. The first-order chi connectivity index (χ1) is 9.69. The van der Waals surface area contributed by atoms with Crippen LogP contribution in [-0.4, -0.2) is 32.1 Å². The fourth-order valence-corrected chi connectivity index (χ4v) is 3.26. The average molecular weight is 274 g/mol. The lowest BCUT2D eigenvalue weighted by atomic mass is 9.89. The number of rotatable bonds is 2. The molecular weight excluding hydrogens is 252 g/mol. The quantitative estimate of drug-likeness (QED) is 0.826. The smallest absolute Gasteiger partial charge is 0.126 e. The molecule has 108 valence electrons. The molecular formula is C16H22N2O2.